The van der Waals surface area contributed by atoms with Gasteiger partial charge in [-0.05, 0) is 17.9 Å². The monoisotopic (exact) mass is 260 g/mol. The molecule has 90 valence electrons. The fourth-order valence-corrected chi connectivity index (χ4v) is 2.58. The van der Waals surface area contributed by atoms with Crippen molar-refractivity contribution >= 4 is 34.2 Å². The summed E-state index contributed by atoms with van der Waals surface area (Å²) in [6.07, 6.45) is 3.63. The molecular weight excluding hydrogens is 244 g/mol. The van der Waals surface area contributed by atoms with Gasteiger partial charge in [-0.25, -0.2) is 9.78 Å². The molecule has 0 bridgehead atoms. The molecule has 0 aliphatic rings. The molecule has 0 fully saturated rings. The molecule has 1 aromatic heterocycles. The standard InChI is InChI=1S/C10H16N2O2S2/c1-7(6-15-3)4-11-10-12-5-8(16-10)9(13)14-2/h5,7H,4,6H2,1-3H3,(H,11,12). The number of nitrogens with one attached hydrogen (secondary N) is 1. The largest absolute Gasteiger partial charge is 0.465 e. The lowest BCUT2D eigenvalue weighted by Crippen LogP contribution is -2.12. The highest BCUT2D eigenvalue weighted by atomic mass is 32.2. The summed E-state index contributed by atoms with van der Waals surface area (Å²) in [6, 6.07) is 0. The molecule has 1 heterocycles. The lowest BCUT2D eigenvalue weighted by Gasteiger charge is -2.09. The van der Waals surface area contributed by atoms with Gasteiger partial charge in [-0.3, -0.25) is 0 Å². The normalized spacial score (nSPS) is 12.2. The molecule has 6 heteroatoms. The Morgan fingerprint density at radius 2 is 2.50 bits per heavy atom. The fraction of sp³-hybridized carbons (Fsp3) is 0.600. The maximum atomic E-state index is 11.2. The summed E-state index contributed by atoms with van der Waals surface area (Å²) in [5.41, 5.74) is 0. The molecule has 0 radical (unpaired) electrons. The Kier molecular flexibility index (Phi) is 5.62. The van der Waals surface area contributed by atoms with Crippen LogP contribution in [0.25, 0.3) is 0 Å². The van der Waals surface area contributed by atoms with Crippen LogP contribution in [0.4, 0.5) is 5.13 Å². The maximum absolute atomic E-state index is 11.2. The van der Waals surface area contributed by atoms with Crippen molar-refractivity contribution < 1.29 is 9.53 Å². The Bertz CT molecular complexity index is 341. The number of thiazole rings is 1. The number of esters is 1. The number of methoxy groups -OCH3 is 1. The topological polar surface area (TPSA) is 51.2 Å². The summed E-state index contributed by atoms with van der Waals surface area (Å²) in [6.45, 7) is 3.05. The predicted molar refractivity (Wildman–Crippen MR) is 69.5 cm³/mol. The molecule has 4 nitrogen and oxygen atoms in total. The van der Waals surface area contributed by atoms with E-state index in [9.17, 15) is 4.79 Å². The van der Waals surface area contributed by atoms with Crippen LogP contribution < -0.4 is 5.32 Å². The van der Waals surface area contributed by atoms with Gasteiger partial charge in [0.1, 0.15) is 4.88 Å². The molecule has 0 saturated heterocycles. The Labute approximate surface area is 104 Å². The molecule has 0 aromatic carbocycles. The number of rotatable bonds is 6. The minimum absolute atomic E-state index is 0.331. The summed E-state index contributed by atoms with van der Waals surface area (Å²) < 4.78 is 4.61. The second kappa shape index (κ2) is 6.75. The maximum Gasteiger partial charge on any atom is 0.349 e. The lowest BCUT2D eigenvalue weighted by atomic mass is 10.2. The lowest BCUT2D eigenvalue weighted by molar-refractivity contribution is 0.0606. The van der Waals surface area contributed by atoms with E-state index in [2.05, 4.69) is 28.2 Å². The molecule has 1 N–H and O–H groups in total. The second-order valence-corrected chi connectivity index (χ2v) is 5.40. The third kappa shape index (κ3) is 4.02. The molecule has 1 aromatic rings. The molecule has 16 heavy (non-hydrogen) atoms. The predicted octanol–water partition coefficient (Wildman–Crippen LogP) is 2.34. The minimum atomic E-state index is -0.331. The van der Waals surface area contributed by atoms with Crippen molar-refractivity contribution in [1.82, 2.24) is 4.98 Å². The molecule has 1 unspecified atom stereocenters. The van der Waals surface area contributed by atoms with Gasteiger partial charge in [-0.15, -0.1) is 0 Å². The Balaban J connectivity index is 2.43. The molecule has 0 spiro atoms. The van der Waals surface area contributed by atoms with Crippen LogP contribution in [0.1, 0.15) is 16.6 Å². The molecule has 1 rings (SSSR count). The van der Waals surface area contributed by atoms with E-state index in [1.54, 1.807) is 0 Å². The van der Waals surface area contributed by atoms with Crippen molar-refractivity contribution in [2.45, 2.75) is 6.92 Å². The van der Waals surface area contributed by atoms with Crippen LogP contribution in [-0.2, 0) is 4.74 Å². The smallest absolute Gasteiger partial charge is 0.349 e. The zero-order chi connectivity index (χ0) is 12.0. The van der Waals surface area contributed by atoms with E-state index in [1.807, 2.05) is 11.8 Å². The number of anilines is 1. The second-order valence-electron chi connectivity index (χ2n) is 3.46. The minimum Gasteiger partial charge on any atom is -0.465 e. The van der Waals surface area contributed by atoms with Gasteiger partial charge in [-0.2, -0.15) is 11.8 Å². The number of ether oxygens (including phenoxy) is 1. The fourth-order valence-electron chi connectivity index (χ4n) is 1.16. The van der Waals surface area contributed by atoms with Gasteiger partial charge >= 0.3 is 5.97 Å². The van der Waals surface area contributed by atoms with Gasteiger partial charge in [0.05, 0.1) is 13.3 Å². The average molecular weight is 260 g/mol. The van der Waals surface area contributed by atoms with E-state index in [0.717, 1.165) is 17.4 Å². The first-order valence-corrected chi connectivity index (χ1v) is 7.15. The highest BCUT2D eigenvalue weighted by Crippen LogP contribution is 2.19. The third-order valence-corrected chi connectivity index (χ3v) is 3.78. The third-order valence-electron chi connectivity index (χ3n) is 1.95. The highest BCUT2D eigenvalue weighted by Gasteiger charge is 2.10. The van der Waals surface area contributed by atoms with Crippen molar-refractivity contribution in [2.75, 3.05) is 31.0 Å². The van der Waals surface area contributed by atoms with Gasteiger partial charge in [0, 0.05) is 6.54 Å². The summed E-state index contributed by atoms with van der Waals surface area (Å²) in [4.78, 5) is 15.8. The Morgan fingerprint density at radius 3 is 3.12 bits per heavy atom. The van der Waals surface area contributed by atoms with Crippen LogP contribution in [0.2, 0.25) is 0 Å². The molecule has 0 aliphatic carbocycles. The van der Waals surface area contributed by atoms with Gasteiger partial charge in [0.2, 0.25) is 0 Å². The van der Waals surface area contributed by atoms with Gasteiger partial charge in [-0.1, -0.05) is 18.3 Å². The first-order chi connectivity index (χ1) is 7.67. The summed E-state index contributed by atoms with van der Waals surface area (Å²) in [5.74, 6) is 1.37. The number of thioether (sulfide) groups is 1. The SMILES string of the molecule is COC(=O)c1cnc(NCC(C)CSC)s1. The van der Waals surface area contributed by atoms with Crippen LogP contribution in [-0.4, -0.2) is 36.6 Å². The number of carbonyl (C=O) groups is 1. The van der Waals surface area contributed by atoms with Crippen molar-refractivity contribution in [2.24, 2.45) is 5.92 Å². The number of carbonyl (C=O) groups excluding carboxylic acids is 1. The van der Waals surface area contributed by atoms with Crippen molar-refractivity contribution in [3.8, 4) is 0 Å². The van der Waals surface area contributed by atoms with Crippen LogP contribution in [0.5, 0.6) is 0 Å². The number of nitrogens with zero attached hydrogens (tertiary/aromatic N) is 1. The van der Waals surface area contributed by atoms with Crippen LogP contribution >= 0.6 is 23.1 Å². The van der Waals surface area contributed by atoms with Crippen LogP contribution in [0.3, 0.4) is 0 Å². The van der Waals surface area contributed by atoms with Crippen molar-refractivity contribution in [1.29, 1.82) is 0 Å². The number of aromatic nitrogens is 1. The van der Waals surface area contributed by atoms with E-state index in [4.69, 9.17) is 0 Å². The van der Waals surface area contributed by atoms with Crippen molar-refractivity contribution in [3.63, 3.8) is 0 Å². The van der Waals surface area contributed by atoms with E-state index in [1.165, 1.54) is 24.6 Å². The number of hydrogen-bond donors (Lipinski definition) is 1. The average Bonchev–Trinajstić information content (AvgIpc) is 2.74. The van der Waals surface area contributed by atoms with E-state index >= 15 is 0 Å². The zero-order valence-corrected chi connectivity index (χ0v) is 11.3. The molecular formula is C10H16N2O2S2. The van der Waals surface area contributed by atoms with E-state index in [0.29, 0.717) is 10.8 Å². The zero-order valence-electron chi connectivity index (χ0n) is 9.65. The quantitative estimate of drug-likeness (QED) is 0.796. The van der Waals surface area contributed by atoms with E-state index in [-0.39, 0.29) is 5.97 Å². The molecule has 0 aliphatic heterocycles. The van der Waals surface area contributed by atoms with Crippen molar-refractivity contribution in [3.05, 3.63) is 11.1 Å². The Morgan fingerprint density at radius 1 is 1.75 bits per heavy atom. The Hall–Kier alpha value is -0.750. The van der Waals surface area contributed by atoms with Crippen LogP contribution in [0.15, 0.2) is 6.20 Å². The first kappa shape index (κ1) is 13.3. The molecule has 0 amide bonds. The van der Waals surface area contributed by atoms with Gasteiger partial charge < -0.3 is 10.1 Å². The summed E-state index contributed by atoms with van der Waals surface area (Å²) in [7, 11) is 1.37. The molecule has 1 atom stereocenters. The summed E-state index contributed by atoms with van der Waals surface area (Å²) >= 11 is 3.15. The van der Waals surface area contributed by atoms with E-state index < -0.39 is 0 Å². The summed E-state index contributed by atoms with van der Waals surface area (Å²) in [5, 5.41) is 3.99. The van der Waals surface area contributed by atoms with Gasteiger partial charge in [0.15, 0.2) is 5.13 Å². The number of hydrogen-bond acceptors (Lipinski definition) is 6. The molecule has 0 saturated carbocycles. The first-order valence-electron chi connectivity index (χ1n) is 4.94. The van der Waals surface area contributed by atoms with Crippen LogP contribution in [0, 0.1) is 5.92 Å². The highest BCUT2D eigenvalue weighted by molar-refractivity contribution is 7.98. The van der Waals surface area contributed by atoms with Gasteiger partial charge in [0.25, 0.3) is 0 Å².